The van der Waals surface area contributed by atoms with E-state index in [-0.39, 0.29) is 69.0 Å². The van der Waals surface area contributed by atoms with Gasteiger partial charge in [0.25, 0.3) is 0 Å². The van der Waals surface area contributed by atoms with E-state index in [1.807, 2.05) is 55.4 Å². The van der Waals surface area contributed by atoms with Crippen LogP contribution in [0.1, 0.15) is 149 Å². The number of carbonyl (C=O) groups excluding carboxylic acids is 12. The molecule has 1 aliphatic rings. The molecule has 0 aliphatic carbocycles. The first kappa shape index (κ1) is 81.3. The van der Waals surface area contributed by atoms with Crippen LogP contribution in [-0.4, -0.2) is 247 Å². The molecule has 26 heteroatoms. The van der Waals surface area contributed by atoms with Crippen LogP contribution >= 0.6 is 0 Å². The lowest BCUT2D eigenvalue weighted by Crippen LogP contribution is -2.63. The van der Waals surface area contributed by atoms with E-state index >= 15 is 14.4 Å². The fourth-order valence-electron chi connectivity index (χ4n) is 10.9. The molecule has 514 valence electrons. The third kappa shape index (κ3) is 23.5. The third-order valence-electron chi connectivity index (χ3n) is 16.4. The minimum absolute atomic E-state index is 0.0172. The maximum absolute atomic E-state index is 15.2. The molecule has 0 aromatic rings. The Kier molecular flexibility index (Phi) is 34.0. The van der Waals surface area contributed by atoms with Crippen molar-refractivity contribution >= 4 is 70.9 Å². The van der Waals surface area contributed by atoms with Crippen molar-refractivity contribution in [2.24, 2.45) is 41.4 Å². The van der Waals surface area contributed by atoms with Crippen LogP contribution in [0.3, 0.4) is 0 Å². The van der Waals surface area contributed by atoms with Crippen LogP contribution in [0, 0.1) is 41.4 Å². The van der Waals surface area contributed by atoms with Crippen molar-refractivity contribution in [1.82, 2.24) is 55.6 Å². The van der Waals surface area contributed by atoms with Crippen molar-refractivity contribution in [2.75, 3.05) is 69.8 Å². The Morgan fingerprint density at radius 2 is 0.944 bits per heavy atom. The Labute approximate surface area is 536 Å². The van der Waals surface area contributed by atoms with Gasteiger partial charge in [-0.2, -0.15) is 0 Å². The van der Waals surface area contributed by atoms with E-state index in [0.29, 0.717) is 0 Å². The summed E-state index contributed by atoms with van der Waals surface area (Å²) in [6.45, 7) is 26.7. The van der Waals surface area contributed by atoms with E-state index in [1.165, 1.54) is 101 Å². The quantitative estimate of drug-likeness (QED) is 0.0748. The van der Waals surface area contributed by atoms with Crippen LogP contribution in [0.2, 0.25) is 0 Å². The zero-order chi connectivity index (χ0) is 69.7. The molecule has 1 fully saturated rings. The molecule has 1 aliphatic heterocycles. The lowest BCUT2D eigenvalue weighted by Gasteiger charge is -2.41. The number of rotatable bonds is 18. The Morgan fingerprint density at radius 1 is 0.511 bits per heavy atom. The molecule has 0 spiro atoms. The monoisotopic (exact) mass is 1280 g/mol. The molecule has 26 nitrogen and oxygen atoms in total. The Bertz CT molecular complexity index is 2490. The number of likely N-dealkylation sites (N-methyl/N-ethyl adjacent to an activating group) is 7. The molecule has 0 unspecified atom stereocenters. The number of allylic oxidation sites excluding steroid dienone is 1. The van der Waals surface area contributed by atoms with Gasteiger partial charge in [-0.15, -0.1) is 0 Å². The first-order chi connectivity index (χ1) is 41.6. The molecule has 5 N–H and O–H groups in total. The highest BCUT2D eigenvalue weighted by molar-refractivity contribution is 5.99. The summed E-state index contributed by atoms with van der Waals surface area (Å²) >= 11 is 0. The molecule has 0 aromatic heterocycles. The van der Waals surface area contributed by atoms with Gasteiger partial charge in [0.2, 0.25) is 65.0 Å². The largest absolute Gasteiger partial charge is 0.435 e. The normalized spacial score (nSPS) is 26.0. The number of aliphatic hydroxyl groups excluding tert-OH is 1. The first-order valence-corrected chi connectivity index (χ1v) is 31.7. The van der Waals surface area contributed by atoms with E-state index in [2.05, 4.69) is 21.3 Å². The number of methoxy groups -OCH3 is 1. The topological polar surface area (TPSA) is 314 Å². The highest BCUT2D eigenvalue weighted by Crippen LogP contribution is 2.26. The zero-order valence-corrected chi connectivity index (χ0v) is 58.5. The van der Waals surface area contributed by atoms with Gasteiger partial charge in [-0.1, -0.05) is 103 Å². The molecule has 0 bridgehead atoms. The molecule has 0 saturated carbocycles. The fraction of sp³-hybridized carbons (Fsp3) is 0.781. The molecule has 11 amide bonds. The van der Waals surface area contributed by atoms with Gasteiger partial charge in [0.05, 0.1) is 12.6 Å². The van der Waals surface area contributed by atoms with Gasteiger partial charge < -0.3 is 70.1 Å². The number of hydrogen-bond acceptors (Lipinski definition) is 15. The van der Waals surface area contributed by atoms with Crippen LogP contribution in [0.4, 0.5) is 0 Å². The number of hydrogen-bond donors (Lipinski definition) is 5. The van der Waals surface area contributed by atoms with Gasteiger partial charge >= 0.3 is 5.97 Å². The van der Waals surface area contributed by atoms with E-state index in [1.54, 1.807) is 41.5 Å². The first-order valence-electron chi connectivity index (χ1n) is 31.7. The number of esters is 1. The second kappa shape index (κ2) is 37.6. The molecule has 1 heterocycles. The summed E-state index contributed by atoms with van der Waals surface area (Å²) in [4.78, 5) is 181. The lowest BCUT2D eigenvalue weighted by atomic mass is 9.91. The highest BCUT2D eigenvalue weighted by atomic mass is 16.7. The maximum atomic E-state index is 15.2. The van der Waals surface area contributed by atoms with Gasteiger partial charge in [-0.3, -0.25) is 52.7 Å². The van der Waals surface area contributed by atoms with E-state index in [9.17, 15) is 48.3 Å². The van der Waals surface area contributed by atoms with E-state index < -0.39 is 162 Å². The molecule has 1 saturated heterocycles. The average Bonchev–Trinajstić information content (AvgIpc) is 1.04. The highest BCUT2D eigenvalue weighted by Gasteiger charge is 2.46. The van der Waals surface area contributed by atoms with Crippen LogP contribution in [-0.2, 0) is 67.0 Å². The second-order valence-corrected chi connectivity index (χ2v) is 26.8. The Hall–Kier alpha value is -6.70. The smallest absolute Gasteiger partial charge is 0.332 e. The number of nitrogens with zero attached hydrogens (tertiary/aromatic N) is 7. The summed E-state index contributed by atoms with van der Waals surface area (Å²) in [5.41, 5.74) is 0. The van der Waals surface area contributed by atoms with E-state index in [4.69, 9.17) is 9.47 Å². The van der Waals surface area contributed by atoms with Crippen LogP contribution in [0.15, 0.2) is 12.2 Å². The van der Waals surface area contributed by atoms with Crippen LogP contribution in [0.25, 0.3) is 0 Å². The Balaban J connectivity index is 4.37. The molecular weight excluding hydrogens is 1160 g/mol. The van der Waals surface area contributed by atoms with Crippen molar-refractivity contribution in [3.63, 3.8) is 0 Å². The van der Waals surface area contributed by atoms with Crippen molar-refractivity contribution < 1.29 is 72.1 Å². The van der Waals surface area contributed by atoms with Gasteiger partial charge in [-0.25, -0.2) is 4.79 Å². The maximum Gasteiger partial charge on any atom is 0.332 e. The number of amides is 11. The van der Waals surface area contributed by atoms with Gasteiger partial charge in [0.1, 0.15) is 60.4 Å². The predicted molar refractivity (Wildman–Crippen MR) is 341 cm³/mol. The predicted octanol–water partition coefficient (Wildman–Crippen LogP) is 2.40. The van der Waals surface area contributed by atoms with Crippen LogP contribution < -0.4 is 21.3 Å². The molecule has 0 radical (unpaired) electrons. The zero-order valence-electron chi connectivity index (χ0n) is 58.5. The van der Waals surface area contributed by atoms with Crippen molar-refractivity contribution in [3.8, 4) is 0 Å². The van der Waals surface area contributed by atoms with Gasteiger partial charge in [0.15, 0.2) is 6.79 Å². The van der Waals surface area contributed by atoms with Crippen molar-refractivity contribution in [2.45, 2.75) is 216 Å². The van der Waals surface area contributed by atoms with Gasteiger partial charge in [0, 0.05) is 62.5 Å². The molecule has 90 heavy (non-hydrogen) atoms. The summed E-state index contributed by atoms with van der Waals surface area (Å²) < 4.78 is 9.73. The Morgan fingerprint density at radius 3 is 1.41 bits per heavy atom. The molecular formula is C64H113N11O15. The average molecular weight is 1280 g/mol. The molecule has 12 atom stereocenters. The van der Waals surface area contributed by atoms with Crippen molar-refractivity contribution in [3.05, 3.63) is 12.2 Å². The lowest BCUT2D eigenvalue weighted by molar-refractivity contribution is -0.157. The summed E-state index contributed by atoms with van der Waals surface area (Å²) in [5, 5.41) is 23.1. The number of carbonyl (C=O) groups is 12. The summed E-state index contributed by atoms with van der Waals surface area (Å²) in [5.74, 6) is -11.4. The standard InChI is InChI=1S/C64H113N11O15/c1-25-44-60(84)69(17)33-49(76)70(18)45(29-35(2)3)57(81)68-51(39(10)11)63(87)71(19)46(30-36(4)5)56(80)65-42(15)55(79)66-43(16)59(83)72(20)47(31-37(6)7)61(85)73(21)48(32-38(8)9)62(86)74(22)52(40(12)13)64(88)75(23)53(58(82)67-44)54(78)41(14)27-26-28-50(77)90-34-89-24/h26,28,35-48,51-54,78H,25,27,29-34H2,1-24H3,(H,65,80)(H,66,79)(H,67,82)(H,68,81)/b28-26+/t41-,42-,43+,44-,45+,46-,47+,48+,51+,52-,53+,54-/m1/s1. The molecule has 0 aromatic carbocycles. The summed E-state index contributed by atoms with van der Waals surface area (Å²) in [7, 11) is 11.0. The van der Waals surface area contributed by atoms with E-state index in [0.717, 1.165) is 15.9 Å². The third-order valence-corrected chi connectivity index (χ3v) is 16.4. The van der Waals surface area contributed by atoms with Gasteiger partial charge in [-0.05, 0) is 93.8 Å². The number of nitrogens with one attached hydrogen (secondary N) is 4. The SMILES string of the molecule is CC[C@H]1NC(=O)[C@H]([C@H](O)[C@H](C)C/C=C/C(=O)OCOC)N(C)C(=O)[C@@H](C(C)C)N(C)C(=O)[C@H](CC(C)C)N(C)C(=O)[C@H](CC(C)C)N(C)C(=O)[C@H](C)NC(=O)[C@@H](C)NC(=O)[C@@H](CC(C)C)N(C)C(=O)[C@H](C(C)C)NC(=O)[C@H](CC(C)C)N(C)C(=O)CN(C)C1=O. The number of aliphatic hydroxyl groups is 1. The number of ether oxygens (including phenoxy) is 2. The minimum Gasteiger partial charge on any atom is -0.435 e. The van der Waals surface area contributed by atoms with Crippen LogP contribution in [0.5, 0.6) is 0 Å². The summed E-state index contributed by atoms with van der Waals surface area (Å²) in [6.07, 6.45) is 1.30. The fourth-order valence-corrected chi connectivity index (χ4v) is 10.9. The second-order valence-electron chi connectivity index (χ2n) is 26.8. The minimum atomic E-state index is -1.75. The summed E-state index contributed by atoms with van der Waals surface area (Å²) in [6, 6.07) is -12.8. The van der Waals surface area contributed by atoms with Crippen molar-refractivity contribution in [1.29, 1.82) is 0 Å². The molecule has 1 rings (SSSR count).